The molecule has 0 aromatic rings. The van der Waals surface area contributed by atoms with Crippen molar-refractivity contribution in [2.24, 2.45) is 9.32 Å². The van der Waals surface area contributed by atoms with E-state index in [9.17, 15) is 0 Å². The lowest BCUT2D eigenvalue weighted by Gasteiger charge is -2.02. The number of hydrogen-bond donors (Lipinski definition) is 0. The zero-order valence-electron chi connectivity index (χ0n) is 5.21. The second-order valence-electron chi connectivity index (χ2n) is 1.90. The van der Waals surface area contributed by atoms with Crippen LogP contribution in [-0.2, 0) is 0 Å². The SMILES string of the molecule is C[Si](C)(N=C=S)N=C=S. The quantitative estimate of drug-likeness (QED) is 0.363. The van der Waals surface area contributed by atoms with Crippen LogP contribution in [-0.4, -0.2) is 18.7 Å². The normalized spacial score (nSPS) is 9.11. The molecule has 0 atom stereocenters. The van der Waals surface area contributed by atoms with E-state index in [4.69, 9.17) is 0 Å². The van der Waals surface area contributed by atoms with Gasteiger partial charge in [0.2, 0.25) is 0 Å². The smallest absolute Gasteiger partial charge is 0.245 e. The van der Waals surface area contributed by atoms with Gasteiger partial charge in [0.05, 0.1) is 10.3 Å². The first-order valence-corrected chi connectivity index (χ1v) is 6.01. The summed E-state index contributed by atoms with van der Waals surface area (Å²) in [6, 6.07) is 0. The van der Waals surface area contributed by atoms with Gasteiger partial charge in [-0.2, -0.15) is 0 Å². The molecule has 0 rings (SSSR count). The Kier molecular flexibility index (Phi) is 3.69. The summed E-state index contributed by atoms with van der Waals surface area (Å²) in [5.41, 5.74) is 0. The molecule has 0 amide bonds. The Morgan fingerprint density at radius 1 is 1.11 bits per heavy atom. The van der Waals surface area contributed by atoms with Crippen molar-refractivity contribution in [3.05, 3.63) is 0 Å². The molecule has 0 saturated heterocycles. The fourth-order valence-electron chi connectivity index (χ4n) is 0.248. The molecule has 0 aromatic carbocycles. The van der Waals surface area contributed by atoms with E-state index in [2.05, 4.69) is 44.1 Å². The Morgan fingerprint density at radius 2 is 1.44 bits per heavy atom. The van der Waals surface area contributed by atoms with E-state index in [0.717, 1.165) is 0 Å². The third kappa shape index (κ3) is 4.33. The third-order valence-corrected chi connectivity index (χ3v) is 2.46. The van der Waals surface area contributed by atoms with E-state index in [1.807, 2.05) is 13.1 Å². The molecule has 48 valence electrons. The van der Waals surface area contributed by atoms with Gasteiger partial charge in [-0.05, 0) is 37.5 Å². The first-order chi connectivity index (χ1) is 4.12. The molecular formula is C4H6N2S2Si. The molecule has 0 N–H and O–H groups in total. The summed E-state index contributed by atoms with van der Waals surface area (Å²) >= 11 is 8.82. The fraction of sp³-hybridized carbons (Fsp3) is 0.500. The number of rotatable bonds is 2. The minimum Gasteiger partial charge on any atom is -0.245 e. The van der Waals surface area contributed by atoms with Gasteiger partial charge in [0.25, 0.3) is 0 Å². The van der Waals surface area contributed by atoms with Gasteiger partial charge in [-0.15, -0.1) is 0 Å². The minimum absolute atomic E-state index is 1.88. The molecule has 0 spiro atoms. The average molecular weight is 174 g/mol. The van der Waals surface area contributed by atoms with Crippen LogP contribution in [0.1, 0.15) is 0 Å². The lowest BCUT2D eigenvalue weighted by Crippen LogP contribution is -2.18. The van der Waals surface area contributed by atoms with Gasteiger partial charge < -0.3 is 0 Å². The standard InChI is InChI=1S/C4H6N2S2Si/c1-9(2,5-3-7)6-4-8/h1-2H3. The molecule has 0 aromatic heterocycles. The van der Waals surface area contributed by atoms with E-state index in [1.54, 1.807) is 0 Å². The average Bonchev–Trinajstić information content (AvgIpc) is 1.64. The lowest BCUT2D eigenvalue weighted by molar-refractivity contribution is 1.51. The Hall–Kier alpha value is -0.183. The van der Waals surface area contributed by atoms with Crippen molar-refractivity contribution in [3.8, 4) is 0 Å². The summed E-state index contributed by atoms with van der Waals surface area (Å²) < 4.78 is 7.71. The van der Waals surface area contributed by atoms with Crippen LogP contribution < -0.4 is 0 Å². The molecule has 5 heteroatoms. The van der Waals surface area contributed by atoms with Crippen molar-refractivity contribution in [3.63, 3.8) is 0 Å². The van der Waals surface area contributed by atoms with Gasteiger partial charge in [0, 0.05) is 0 Å². The largest absolute Gasteiger partial charge is 0.319 e. The molecule has 0 aliphatic rings. The molecule has 0 aliphatic carbocycles. The maximum atomic E-state index is 4.41. The fourth-order valence-corrected chi connectivity index (χ4v) is 2.09. The van der Waals surface area contributed by atoms with Crippen LogP contribution >= 0.6 is 24.4 Å². The van der Waals surface area contributed by atoms with Gasteiger partial charge in [-0.1, -0.05) is 0 Å². The molecule has 0 aliphatic heterocycles. The van der Waals surface area contributed by atoms with Crippen molar-refractivity contribution in [1.29, 1.82) is 0 Å². The number of thiocarbonyl (C=S) groups is 2. The van der Waals surface area contributed by atoms with Crippen LogP contribution in [0.15, 0.2) is 9.32 Å². The van der Waals surface area contributed by atoms with E-state index in [0.29, 0.717) is 0 Å². The zero-order chi connectivity index (χ0) is 7.33. The Morgan fingerprint density at radius 3 is 1.67 bits per heavy atom. The molecule has 0 bridgehead atoms. The molecule has 2 nitrogen and oxygen atoms in total. The van der Waals surface area contributed by atoms with Crippen LogP contribution in [0.4, 0.5) is 0 Å². The summed E-state index contributed by atoms with van der Waals surface area (Å²) in [6.07, 6.45) is 0. The second kappa shape index (κ2) is 3.77. The molecule has 0 heterocycles. The molecule has 0 unspecified atom stereocenters. The Balaban J connectivity index is 4.36. The van der Waals surface area contributed by atoms with Crippen molar-refractivity contribution < 1.29 is 0 Å². The van der Waals surface area contributed by atoms with Crippen molar-refractivity contribution in [1.82, 2.24) is 0 Å². The van der Waals surface area contributed by atoms with Crippen molar-refractivity contribution in [2.75, 3.05) is 0 Å². The highest BCUT2D eigenvalue weighted by atomic mass is 32.1. The topological polar surface area (TPSA) is 24.7 Å². The highest BCUT2D eigenvalue weighted by Crippen LogP contribution is 2.01. The summed E-state index contributed by atoms with van der Waals surface area (Å²) in [6.45, 7) is 3.82. The van der Waals surface area contributed by atoms with Gasteiger partial charge in [-0.25, -0.2) is 9.32 Å². The summed E-state index contributed by atoms with van der Waals surface area (Å²) in [5, 5.41) is 4.57. The van der Waals surface area contributed by atoms with Gasteiger partial charge in [-0.3, -0.25) is 0 Å². The van der Waals surface area contributed by atoms with Crippen molar-refractivity contribution in [2.45, 2.75) is 13.1 Å². The van der Waals surface area contributed by atoms with E-state index in [1.165, 1.54) is 0 Å². The highest BCUT2D eigenvalue weighted by molar-refractivity contribution is 7.78. The summed E-state index contributed by atoms with van der Waals surface area (Å²) in [5.74, 6) is 0. The Labute approximate surface area is 65.9 Å². The molecule has 0 radical (unpaired) electrons. The minimum atomic E-state index is -1.88. The van der Waals surface area contributed by atoms with E-state index in [-0.39, 0.29) is 0 Å². The van der Waals surface area contributed by atoms with Crippen LogP contribution in [0.5, 0.6) is 0 Å². The van der Waals surface area contributed by atoms with Gasteiger partial charge >= 0.3 is 8.40 Å². The van der Waals surface area contributed by atoms with E-state index < -0.39 is 8.40 Å². The molecule has 9 heavy (non-hydrogen) atoms. The number of nitrogens with zero attached hydrogens (tertiary/aromatic N) is 2. The second-order valence-corrected chi connectivity index (χ2v) is 5.70. The van der Waals surface area contributed by atoms with E-state index >= 15 is 0 Å². The first-order valence-electron chi connectivity index (χ1n) is 2.30. The van der Waals surface area contributed by atoms with Gasteiger partial charge in [0.15, 0.2) is 0 Å². The van der Waals surface area contributed by atoms with Crippen molar-refractivity contribution >= 4 is 43.2 Å². The van der Waals surface area contributed by atoms with Crippen LogP contribution in [0, 0.1) is 0 Å². The maximum Gasteiger partial charge on any atom is 0.319 e. The number of hydrogen-bond acceptors (Lipinski definition) is 4. The highest BCUT2D eigenvalue weighted by Gasteiger charge is 2.17. The Bertz CT molecular complexity index is 169. The third-order valence-electron chi connectivity index (χ3n) is 0.639. The predicted octanol–water partition coefficient (Wildman–Crippen LogP) is 1.89. The predicted molar refractivity (Wildman–Crippen MR) is 47.5 cm³/mol. The molecular weight excluding hydrogens is 168 g/mol. The first kappa shape index (κ1) is 8.82. The van der Waals surface area contributed by atoms with Crippen LogP contribution in [0.2, 0.25) is 13.1 Å². The van der Waals surface area contributed by atoms with Crippen LogP contribution in [0.25, 0.3) is 0 Å². The van der Waals surface area contributed by atoms with Gasteiger partial charge in [0.1, 0.15) is 0 Å². The summed E-state index contributed by atoms with van der Waals surface area (Å²) in [4.78, 5) is 0. The molecule has 0 fully saturated rings. The monoisotopic (exact) mass is 174 g/mol. The molecule has 0 saturated carbocycles. The lowest BCUT2D eigenvalue weighted by atomic mass is 11.7. The number of isothiocyanates is 2. The zero-order valence-corrected chi connectivity index (χ0v) is 7.84. The maximum absolute atomic E-state index is 4.41. The summed E-state index contributed by atoms with van der Waals surface area (Å²) in [7, 11) is -1.88. The van der Waals surface area contributed by atoms with Crippen LogP contribution in [0.3, 0.4) is 0 Å².